The number of rotatable bonds is 7. The first-order valence-electron chi connectivity index (χ1n) is 7.02. The van der Waals surface area contributed by atoms with Crippen LogP contribution >= 0.6 is 0 Å². The van der Waals surface area contributed by atoms with Gasteiger partial charge in [0, 0.05) is 6.54 Å². The predicted molar refractivity (Wildman–Crippen MR) is 80.1 cm³/mol. The number of amides is 1. The van der Waals surface area contributed by atoms with E-state index in [-0.39, 0.29) is 12.5 Å². The summed E-state index contributed by atoms with van der Waals surface area (Å²) in [6, 6.07) is 8.36. The van der Waals surface area contributed by atoms with Gasteiger partial charge in [0.25, 0.3) is 5.91 Å². The molecule has 0 radical (unpaired) electrons. The van der Waals surface area contributed by atoms with Crippen molar-refractivity contribution in [3.63, 3.8) is 0 Å². The van der Waals surface area contributed by atoms with Crippen molar-refractivity contribution in [3.8, 4) is 11.8 Å². The molecule has 0 aliphatic carbocycles. The average molecular weight is 304 g/mol. The molecule has 0 aliphatic heterocycles. The monoisotopic (exact) mass is 304 g/mol. The van der Waals surface area contributed by atoms with Crippen LogP contribution in [0.2, 0.25) is 0 Å². The van der Waals surface area contributed by atoms with E-state index in [0.717, 1.165) is 0 Å². The van der Waals surface area contributed by atoms with E-state index in [2.05, 4.69) is 5.32 Å². The molecule has 1 aromatic rings. The largest absolute Gasteiger partial charge is 0.479 e. The van der Waals surface area contributed by atoms with Crippen LogP contribution < -0.4 is 10.1 Å². The molecule has 0 saturated carbocycles. The van der Waals surface area contributed by atoms with Crippen molar-refractivity contribution in [2.75, 3.05) is 13.2 Å². The zero-order valence-corrected chi connectivity index (χ0v) is 13.0. The van der Waals surface area contributed by atoms with Crippen LogP contribution in [0.1, 0.15) is 26.3 Å². The lowest BCUT2D eigenvalue weighted by molar-refractivity contribution is -0.154. The van der Waals surface area contributed by atoms with Crippen molar-refractivity contribution in [1.29, 1.82) is 5.26 Å². The molecule has 1 aromatic carbocycles. The first-order valence-corrected chi connectivity index (χ1v) is 7.02. The summed E-state index contributed by atoms with van der Waals surface area (Å²) in [5.41, 5.74) is 0.504. The highest BCUT2D eigenvalue weighted by Gasteiger charge is 2.17. The van der Waals surface area contributed by atoms with E-state index in [4.69, 9.17) is 14.7 Å². The van der Waals surface area contributed by atoms with E-state index in [1.165, 1.54) is 6.92 Å². The van der Waals surface area contributed by atoms with Crippen LogP contribution in [0.25, 0.3) is 0 Å². The summed E-state index contributed by atoms with van der Waals surface area (Å²) in [7, 11) is 0. The van der Waals surface area contributed by atoms with Crippen LogP contribution in [0.3, 0.4) is 0 Å². The highest BCUT2D eigenvalue weighted by atomic mass is 16.6. The SMILES string of the molecule is CC(C)CNC(=O)COC(=O)[C@@H](C)Oc1ccc(C#N)cc1. The maximum atomic E-state index is 11.7. The molecule has 6 heteroatoms. The fourth-order valence-corrected chi connectivity index (χ4v) is 1.48. The van der Waals surface area contributed by atoms with Crippen LogP contribution in [0.5, 0.6) is 5.75 Å². The highest BCUT2D eigenvalue weighted by Crippen LogP contribution is 2.13. The summed E-state index contributed by atoms with van der Waals surface area (Å²) in [5, 5.41) is 11.3. The fraction of sp³-hybridized carbons (Fsp3) is 0.438. The number of nitrogens with one attached hydrogen (secondary N) is 1. The summed E-state index contributed by atoms with van der Waals surface area (Å²) >= 11 is 0. The molecule has 0 bridgehead atoms. The Labute approximate surface area is 130 Å². The van der Waals surface area contributed by atoms with E-state index in [9.17, 15) is 9.59 Å². The van der Waals surface area contributed by atoms with Crippen molar-refractivity contribution in [2.24, 2.45) is 5.92 Å². The van der Waals surface area contributed by atoms with Crippen molar-refractivity contribution in [2.45, 2.75) is 26.9 Å². The maximum absolute atomic E-state index is 11.7. The number of nitrogens with zero attached hydrogens (tertiary/aromatic N) is 1. The van der Waals surface area contributed by atoms with Crippen LogP contribution in [0.4, 0.5) is 0 Å². The number of carbonyl (C=O) groups excluding carboxylic acids is 2. The summed E-state index contributed by atoms with van der Waals surface area (Å²) in [6.07, 6.45) is -0.842. The first-order chi connectivity index (χ1) is 10.4. The fourth-order valence-electron chi connectivity index (χ4n) is 1.48. The van der Waals surface area contributed by atoms with E-state index in [1.807, 2.05) is 19.9 Å². The number of carbonyl (C=O) groups is 2. The normalized spacial score (nSPS) is 11.4. The molecule has 0 spiro atoms. The predicted octanol–water partition coefficient (Wildman–Crippen LogP) is 1.64. The quantitative estimate of drug-likeness (QED) is 0.774. The summed E-state index contributed by atoms with van der Waals surface area (Å²) in [5.74, 6) is -0.178. The minimum atomic E-state index is -0.842. The van der Waals surface area contributed by atoms with E-state index in [1.54, 1.807) is 24.3 Å². The summed E-state index contributed by atoms with van der Waals surface area (Å²) in [4.78, 5) is 23.2. The van der Waals surface area contributed by atoms with Crippen molar-refractivity contribution in [3.05, 3.63) is 29.8 Å². The molecule has 1 rings (SSSR count). The van der Waals surface area contributed by atoms with E-state index >= 15 is 0 Å². The molecule has 118 valence electrons. The molecule has 0 heterocycles. The van der Waals surface area contributed by atoms with Gasteiger partial charge in [-0.25, -0.2) is 4.79 Å². The second-order valence-electron chi connectivity index (χ2n) is 5.20. The number of nitriles is 1. The van der Waals surface area contributed by atoms with Gasteiger partial charge in [0.2, 0.25) is 0 Å². The van der Waals surface area contributed by atoms with E-state index < -0.39 is 12.1 Å². The zero-order chi connectivity index (χ0) is 16.5. The maximum Gasteiger partial charge on any atom is 0.347 e. The summed E-state index contributed by atoms with van der Waals surface area (Å²) < 4.78 is 10.3. The molecular formula is C16H20N2O4. The first kappa shape index (κ1) is 17.5. The minimum Gasteiger partial charge on any atom is -0.479 e. The van der Waals surface area contributed by atoms with Crippen molar-refractivity contribution in [1.82, 2.24) is 5.32 Å². The number of esters is 1. The number of hydrogen-bond acceptors (Lipinski definition) is 5. The molecule has 1 N–H and O–H groups in total. The second-order valence-corrected chi connectivity index (χ2v) is 5.20. The van der Waals surface area contributed by atoms with Gasteiger partial charge in [0.15, 0.2) is 12.7 Å². The standard InChI is InChI=1S/C16H20N2O4/c1-11(2)9-18-15(19)10-21-16(20)12(3)22-14-6-4-13(8-17)5-7-14/h4-7,11-12H,9-10H2,1-3H3,(H,18,19)/t12-/m1/s1. The molecule has 0 fully saturated rings. The van der Waals surface area contributed by atoms with Gasteiger partial charge in [0.1, 0.15) is 5.75 Å². The Morgan fingerprint density at radius 2 is 1.86 bits per heavy atom. The Morgan fingerprint density at radius 1 is 1.23 bits per heavy atom. The minimum absolute atomic E-state index is 0.327. The lowest BCUT2D eigenvalue weighted by atomic mass is 10.2. The lowest BCUT2D eigenvalue weighted by Gasteiger charge is -2.14. The van der Waals surface area contributed by atoms with Gasteiger partial charge in [-0.2, -0.15) is 5.26 Å². The third kappa shape index (κ3) is 6.27. The Morgan fingerprint density at radius 3 is 2.41 bits per heavy atom. The van der Waals surface area contributed by atoms with Gasteiger partial charge in [-0.05, 0) is 37.1 Å². The molecule has 0 unspecified atom stereocenters. The molecule has 0 saturated heterocycles. The number of hydrogen-bond donors (Lipinski definition) is 1. The second kappa shape index (κ2) is 8.67. The summed E-state index contributed by atoms with van der Waals surface area (Å²) in [6.45, 7) is 5.69. The van der Waals surface area contributed by atoms with Gasteiger partial charge >= 0.3 is 5.97 Å². The Kier molecular flexibility index (Phi) is 6.90. The molecule has 22 heavy (non-hydrogen) atoms. The Hall–Kier alpha value is -2.55. The van der Waals surface area contributed by atoms with Crippen LogP contribution in [-0.2, 0) is 14.3 Å². The average Bonchev–Trinajstić information content (AvgIpc) is 2.51. The molecule has 6 nitrogen and oxygen atoms in total. The van der Waals surface area contributed by atoms with Crippen molar-refractivity contribution >= 4 is 11.9 Å². The topological polar surface area (TPSA) is 88.4 Å². The smallest absolute Gasteiger partial charge is 0.347 e. The van der Waals surface area contributed by atoms with Crippen LogP contribution in [-0.4, -0.2) is 31.1 Å². The van der Waals surface area contributed by atoms with Gasteiger partial charge < -0.3 is 14.8 Å². The lowest BCUT2D eigenvalue weighted by Crippen LogP contribution is -2.34. The van der Waals surface area contributed by atoms with E-state index in [0.29, 0.717) is 23.8 Å². The van der Waals surface area contributed by atoms with Gasteiger partial charge in [-0.1, -0.05) is 13.8 Å². The van der Waals surface area contributed by atoms with Gasteiger partial charge in [-0.15, -0.1) is 0 Å². The van der Waals surface area contributed by atoms with Crippen LogP contribution in [0, 0.1) is 17.2 Å². The molecule has 0 aromatic heterocycles. The molecule has 1 amide bonds. The number of ether oxygens (including phenoxy) is 2. The Balaban J connectivity index is 2.38. The zero-order valence-electron chi connectivity index (χ0n) is 13.0. The molecule has 1 atom stereocenters. The molecular weight excluding hydrogens is 284 g/mol. The third-order valence-electron chi connectivity index (χ3n) is 2.68. The van der Waals surface area contributed by atoms with Gasteiger partial charge in [0.05, 0.1) is 11.6 Å². The number of benzene rings is 1. The molecule has 0 aliphatic rings. The Bertz CT molecular complexity index is 546. The van der Waals surface area contributed by atoms with Gasteiger partial charge in [-0.3, -0.25) is 4.79 Å². The highest BCUT2D eigenvalue weighted by molar-refractivity contribution is 5.81. The van der Waals surface area contributed by atoms with Crippen LogP contribution in [0.15, 0.2) is 24.3 Å². The van der Waals surface area contributed by atoms with Crippen molar-refractivity contribution < 1.29 is 19.1 Å². The third-order valence-corrected chi connectivity index (χ3v) is 2.68.